The lowest BCUT2D eigenvalue weighted by molar-refractivity contribution is -0.114. The van der Waals surface area contributed by atoms with Crippen LogP contribution in [0.15, 0.2) is 71.8 Å². The molecule has 0 bridgehead atoms. The van der Waals surface area contributed by atoms with Crippen molar-refractivity contribution < 1.29 is 14.3 Å². The van der Waals surface area contributed by atoms with Gasteiger partial charge in [0.2, 0.25) is 5.91 Å². The first-order valence-electron chi connectivity index (χ1n) is 9.28. The first-order chi connectivity index (χ1) is 14.9. The van der Waals surface area contributed by atoms with Gasteiger partial charge in [-0.2, -0.15) is 5.10 Å². The molecule has 3 rings (SSSR count). The van der Waals surface area contributed by atoms with Gasteiger partial charge in [-0.15, -0.1) is 0 Å². The molecular formula is C23H19Cl2N3O3. The van der Waals surface area contributed by atoms with E-state index >= 15 is 0 Å². The molecule has 2 amide bonds. The minimum atomic E-state index is -0.365. The zero-order chi connectivity index (χ0) is 22.2. The van der Waals surface area contributed by atoms with Crippen molar-refractivity contribution in [3.63, 3.8) is 0 Å². The van der Waals surface area contributed by atoms with Gasteiger partial charge in [-0.05, 0) is 54.1 Å². The van der Waals surface area contributed by atoms with E-state index < -0.39 is 0 Å². The average Bonchev–Trinajstić information content (AvgIpc) is 2.73. The fourth-order valence-electron chi connectivity index (χ4n) is 2.62. The quantitative estimate of drug-likeness (QED) is 0.374. The summed E-state index contributed by atoms with van der Waals surface area (Å²) in [6, 6.07) is 19.0. The largest absolute Gasteiger partial charge is 0.489 e. The summed E-state index contributed by atoms with van der Waals surface area (Å²) in [4.78, 5) is 23.2. The lowest BCUT2D eigenvalue weighted by Gasteiger charge is -2.08. The number of amides is 2. The van der Waals surface area contributed by atoms with Crippen molar-refractivity contribution in [1.29, 1.82) is 0 Å². The number of hydrogen-bond acceptors (Lipinski definition) is 4. The van der Waals surface area contributed by atoms with Crippen molar-refractivity contribution in [2.24, 2.45) is 5.10 Å². The zero-order valence-electron chi connectivity index (χ0n) is 16.6. The van der Waals surface area contributed by atoms with E-state index in [4.69, 9.17) is 27.9 Å². The van der Waals surface area contributed by atoms with Gasteiger partial charge in [0, 0.05) is 33.8 Å². The topological polar surface area (TPSA) is 79.8 Å². The second-order valence-electron chi connectivity index (χ2n) is 6.55. The summed E-state index contributed by atoms with van der Waals surface area (Å²) >= 11 is 12.1. The summed E-state index contributed by atoms with van der Waals surface area (Å²) in [6.07, 6.45) is 1.52. The van der Waals surface area contributed by atoms with Crippen molar-refractivity contribution in [3.05, 3.63) is 93.5 Å². The Bertz CT molecular complexity index is 1120. The van der Waals surface area contributed by atoms with Gasteiger partial charge in [0.25, 0.3) is 5.91 Å². The van der Waals surface area contributed by atoms with Crippen LogP contribution in [0.4, 0.5) is 5.69 Å². The molecule has 3 aromatic carbocycles. The molecule has 3 aromatic rings. The average molecular weight is 456 g/mol. The Morgan fingerprint density at radius 3 is 2.52 bits per heavy atom. The SMILES string of the molecule is CC(=O)Nc1ccc(C(=O)NN=Cc2cccc(OCc3ccc(Cl)cc3Cl)c2)cc1. The summed E-state index contributed by atoms with van der Waals surface area (Å²) in [6.45, 7) is 1.71. The highest BCUT2D eigenvalue weighted by Crippen LogP contribution is 2.23. The number of ether oxygens (including phenoxy) is 1. The predicted molar refractivity (Wildman–Crippen MR) is 123 cm³/mol. The molecular weight excluding hydrogens is 437 g/mol. The molecule has 158 valence electrons. The van der Waals surface area contributed by atoms with E-state index in [1.54, 1.807) is 42.5 Å². The van der Waals surface area contributed by atoms with Crippen LogP contribution in [0, 0.1) is 0 Å². The zero-order valence-corrected chi connectivity index (χ0v) is 18.1. The van der Waals surface area contributed by atoms with Gasteiger partial charge in [-0.25, -0.2) is 5.43 Å². The highest BCUT2D eigenvalue weighted by atomic mass is 35.5. The van der Waals surface area contributed by atoms with E-state index in [2.05, 4.69) is 15.8 Å². The van der Waals surface area contributed by atoms with Gasteiger partial charge in [0.15, 0.2) is 0 Å². The number of hydrazone groups is 1. The normalized spacial score (nSPS) is 10.7. The van der Waals surface area contributed by atoms with Gasteiger partial charge in [-0.3, -0.25) is 9.59 Å². The van der Waals surface area contributed by atoms with Crippen molar-refractivity contribution in [2.45, 2.75) is 13.5 Å². The molecule has 0 aliphatic heterocycles. The minimum Gasteiger partial charge on any atom is -0.489 e. The fraction of sp³-hybridized carbons (Fsp3) is 0.0870. The molecule has 31 heavy (non-hydrogen) atoms. The van der Waals surface area contributed by atoms with Crippen molar-refractivity contribution in [1.82, 2.24) is 5.43 Å². The standard InChI is InChI=1S/C23H19Cl2N3O3/c1-15(29)27-20-9-6-17(7-10-20)23(30)28-26-13-16-3-2-4-21(11-16)31-14-18-5-8-19(24)12-22(18)25/h2-13H,14H2,1H3,(H,27,29)(H,28,30). The maximum absolute atomic E-state index is 12.2. The maximum Gasteiger partial charge on any atom is 0.271 e. The molecule has 0 aromatic heterocycles. The Morgan fingerprint density at radius 1 is 1.03 bits per heavy atom. The van der Waals surface area contributed by atoms with Crippen molar-refractivity contribution in [3.8, 4) is 5.75 Å². The maximum atomic E-state index is 12.2. The Kier molecular flexibility index (Phi) is 7.65. The molecule has 0 heterocycles. The van der Waals surface area contributed by atoms with Crippen LogP contribution in [0.2, 0.25) is 10.0 Å². The molecule has 0 saturated heterocycles. The van der Waals surface area contributed by atoms with Crippen LogP contribution in [0.5, 0.6) is 5.75 Å². The van der Waals surface area contributed by atoms with Gasteiger partial charge in [-0.1, -0.05) is 41.4 Å². The third kappa shape index (κ3) is 6.84. The van der Waals surface area contributed by atoms with Gasteiger partial charge in [0.05, 0.1) is 6.21 Å². The van der Waals surface area contributed by atoms with E-state index in [-0.39, 0.29) is 11.8 Å². The van der Waals surface area contributed by atoms with Crippen molar-refractivity contribution in [2.75, 3.05) is 5.32 Å². The summed E-state index contributed by atoms with van der Waals surface area (Å²) in [5, 5.41) is 7.74. The molecule has 0 aliphatic carbocycles. The van der Waals surface area contributed by atoms with Crippen LogP contribution in [-0.2, 0) is 11.4 Å². The molecule has 2 N–H and O–H groups in total. The number of halogens is 2. The second kappa shape index (κ2) is 10.6. The summed E-state index contributed by atoms with van der Waals surface area (Å²) in [7, 11) is 0. The minimum absolute atomic E-state index is 0.177. The first-order valence-corrected chi connectivity index (χ1v) is 10.0. The van der Waals surface area contributed by atoms with Crippen LogP contribution >= 0.6 is 23.2 Å². The van der Waals surface area contributed by atoms with Gasteiger partial charge < -0.3 is 10.1 Å². The lowest BCUT2D eigenvalue weighted by Crippen LogP contribution is -2.17. The van der Waals surface area contributed by atoms with E-state index in [9.17, 15) is 9.59 Å². The number of carbonyl (C=O) groups is 2. The van der Waals surface area contributed by atoms with E-state index in [1.165, 1.54) is 13.1 Å². The van der Waals surface area contributed by atoms with Crippen LogP contribution in [-0.4, -0.2) is 18.0 Å². The number of nitrogens with zero attached hydrogens (tertiary/aromatic N) is 1. The lowest BCUT2D eigenvalue weighted by atomic mass is 10.2. The summed E-state index contributed by atoms with van der Waals surface area (Å²) in [5.41, 5.74) is 5.08. The Labute approximate surface area is 189 Å². The van der Waals surface area contributed by atoms with E-state index in [0.29, 0.717) is 33.7 Å². The number of rotatable bonds is 7. The monoisotopic (exact) mass is 455 g/mol. The Balaban J connectivity index is 1.56. The molecule has 6 nitrogen and oxygen atoms in total. The molecule has 8 heteroatoms. The van der Waals surface area contributed by atoms with Crippen LogP contribution in [0.3, 0.4) is 0 Å². The van der Waals surface area contributed by atoms with Crippen LogP contribution in [0.1, 0.15) is 28.4 Å². The summed E-state index contributed by atoms with van der Waals surface area (Å²) in [5.74, 6) is 0.0922. The molecule has 0 aliphatic rings. The first kappa shape index (κ1) is 22.3. The highest BCUT2D eigenvalue weighted by Gasteiger charge is 2.05. The number of nitrogens with one attached hydrogen (secondary N) is 2. The van der Waals surface area contributed by atoms with Crippen molar-refractivity contribution >= 4 is 46.9 Å². The number of anilines is 1. The molecule has 0 saturated carbocycles. The summed E-state index contributed by atoms with van der Waals surface area (Å²) < 4.78 is 5.78. The third-order valence-corrected chi connectivity index (χ3v) is 4.70. The second-order valence-corrected chi connectivity index (χ2v) is 7.40. The van der Waals surface area contributed by atoms with Gasteiger partial charge in [0.1, 0.15) is 12.4 Å². The molecule has 0 spiro atoms. The molecule has 0 unspecified atom stereocenters. The fourth-order valence-corrected chi connectivity index (χ4v) is 3.09. The number of hydrogen-bond donors (Lipinski definition) is 2. The van der Waals surface area contributed by atoms with Crippen LogP contribution < -0.4 is 15.5 Å². The van der Waals surface area contributed by atoms with Gasteiger partial charge >= 0.3 is 0 Å². The Morgan fingerprint density at radius 2 is 1.81 bits per heavy atom. The van der Waals surface area contributed by atoms with Crippen LogP contribution in [0.25, 0.3) is 0 Å². The van der Waals surface area contributed by atoms with E-state index in [0.717, 1.165) is 11.1 Å². The third-order valence-electron chi connectivity index (χ3n) is 4.11. The Hall–Kier alpha value is -3.35. The van der Waals surface area contributed by atoms with E-state index in [1.807, 2.05) is 24.3 Å². The number of carbonyl (C=O) groups excluding carboxylic acids is 2. The number of benzene rings is 3. The predicted octanol–water partition coefficient (Wildman–Crippen LogP) is 5.29. The molecule has 0 radical (unpaired) electrons. The molecule has 0 atom stereocenters. The molecule has 0 fully saturated rings. The highest BCUT2D eigenvalue weighted by molar-refractivity contribution is 6.35. The smallest absolute Gasteiger partial charge is 0.271 e.